The molecule has 0 heterocycles. The summed E-state index contributed by atoms with van der Waals surface area (Å²) in [6.07, 6.45) is 10.0. The molecule has 0 aromatic rings. The summed E-state index contributed by atoms with van der Waals surface area (Å²) in [5.41, 5.74) is -0.0135. The fraction of sp³-hybridized carbons (Fsp3) is 0.947. The Bertz CT molecular complexity index is 238. The second kappa shape index (κ2) is 11.5. The first-order valence-corrected chi connectivity index (χ1v) is 8.96. The zero-order chi connectivity index (χ0) is 16.2. The van der Waals surface area contributed by atoms with E-state index >= 15 is 0 Å². The van der Waals surface area contributed by atoms with Crippen LogP contribution in [0.25, 0.3) is 0 Å². The molecular weight excluding hydrogens is 260 g/mol. The first kappa shape index (κ1) is 20.9. The minimum Gasteiger partial charge on any atom is -0.376 e. The monoisotopic (exact) mass is 299 g/mol. The zero-order valence-corrected chi connectivity index (χ0v) is 15.3. The summed E-state index contributed by atoms with van der Waals surface area (Å²) in [5, 5.41) is 0. The van der Waals surface area contributed by atoms with Gasteiger partial charge < -0.3 is 9.47 Å². The second-order valence-electron chi connectivity index (χ2n) is 7.07. The lowest BCUT2D eigenvalue weighted by molar-refractivity contribution is -0.0572. The predicted molar refractivity (Wildman–Crippen MR) is 92.6 cm³/mol. The van der Waals surface area contributed by atoms with Gasteiger partial charge in [0, 0.05) is 13.2 Å². The van der Waals surface area contributed by atoms with Crippen LogP contribution in [0.3, 0.4) is 0 Å². The van der Waals surface area contributed by atoms with Crippen LogP contribution in [-0.2, 0) is 9.47 Å². The van der Waals surface area contributed by atoms with E-state index in [4.69, 9.17) is 9.47 Å². The molecule has 0 saturated carbocycles. The Hall–Kier alpha value is -0.0800. The van der Waals surface area contributed by atoms with Crippen LogP contribution >= 0.6 is 0 Å². The molecule has 0 aromatic carbocycles. The van der Waals surface area contributed by atoms with Gasteiger partial charge in [-0.15, -0.1) is 0 Å². The highest BCUT2D eigenvalue weighted by Gasteiger charge is 2.25. The van der Waals surface area contributed by atoms with Crippen molar-refractivity contribution in [3.05, 3.63) is 6.92 Å². The molecule has 0 N–H and O–H groups in total. The molecule has 21 heavy (non-hydrogen) atoms. The van der Waals surface area contributed by atoms with Gasteiger partial charge in [0.1, 0.15) is 0 Å². The van der Waals surface area contributed by atoms with Gasteiger partial charge in [0.25, 0.3) is 0 Å². The second-order valence-corrected chi connectivity index (χ2v) is 7.07. The quantitative estimate of drug-likeness (QED) is 0.369. The lowest BCUT2D eigenvalue weighted by Gasteiger charge is -2.32. The van der Waals surface area contributed by atoms with Gasteiger partial charge in [-0.3, -0.25) is 0 Å². The molecule has 0 spiro atoms. The van der Waals surface area contributed by atoms with E-state index in [0.717, 1.165) is 58.2 Å². The Morgan fingerprint density at radius 3 is 1.86 bits per heavy atom. The van der Waals surface area contributed by atoms with Gasteiger partial charge in [0.05, 0.1) is 11.2 Å². The molecule has 0 amide bonds. The molecule has 0 aromatic heterocycles. The lowest BCUT2D eigenvalue weighted by atomic mass is 9.90. The summed E-state index contributed by atoms with van der Waals surface area (Å²) in [4.78, 5) is 0. The van der Waals surface area contributed by atoms with E-state index in [1.54, 1.807) is 0 Å². The maximum atomic E-state index is 6.14. The molecular formula is C19H39O2. The Morgan fingerprint density at radius 1 is 0.762 bits per heavy atom. The first-order valence-electron chi connectivity index (χ1n) is 8.96. The topological polar surface area (TPSA) is 18.5 Å². The van der Waals surface area contributed by atoms with E-state index in [1.807, 2.05) is 0 Å². The highest BCUT2D eigenvalue weighted by molar-refractivity contribution is 4.78. The minimum absolute atomic E-state index is 0.00355. The van der Waals surface area contributed by atoms with Crippen molar-refractivity contribution in [3.63, 3.8) is 0 Å². The fourth-order valence-corrected chi connectivity index (χ4v) is 2.56. The summed E-state index contributed by atoms with van der Waals surface area (Å²) < 4.78 is 12.1. The molecule has 0 bridgehead atoms. The fourth-order valence-electron chi connectivity index (χ4n) is 2.56. The third-order valence-corrected chi connectivity index (χ3v) is 4.13. The van der Waals surface area contributed by atoms with E-state index in [0.29, 0.717) is 0 Å². The summed E-state index contributed by atoms with van der Waals surface area (Å²) in [6, 6.07) is 0. The lowest BCUT2D eigenvalue weighted by Crippen LogP contribution is -2.31. The third-order valence-electron chi connectivity index (χ3n) is 4.13. The van der Waals surface area contributed by atoms with E-state index < -0.39 is 0 Å². The molecule has 1 atom stereocenters. The summed E-state index contributed by atoms with van der Waals surface area (Å²) >= 11 is 0. The molecule has 0 aliphatic carbocycles. The predicted octanol–water partition coefficient (Wildman–Crippen LogP) is 5.94. The number of rotatable bonds is 14. The van der Waals surface area contributed by atoms with Crippen molar-refractivity contribution in [1.29, 1.82) is 0 Å². The van der Waals surface area contributed by atoms with E-state index in [-0.39, 0.29) is 11.2 Å². The molecule has 127 valence electrons. The highest BCUT2D eigenvalue weighted by atomic mass is 16.5. The van der Waals surface area contributed by atoms with Crippen molar-refractivity contribution in [1.82, 2.24) is 0 Å². The highest BCUT2D eigenvalue weighted by Crippen LogP contribution is 2.28. The Labute approximate surface area is 134 Å². The SMILES string of the molecule is [CH2]CCC(C)(CCCC(C)(C)OCCCC)OCCCC. The maximum Gasteiger partial charge on any atom is 0.0654 e. The molecule has 0 rings (SSSR count). The molecule has 0 saturated heterocycles. The van der Waals surface area contributed by atoms with Crippen molar-refractivity contribution < 1.29 is 9.47 Å². The van der Waals surface area contributed by atoms with Crippen molar-refractivity contribution >= 4 is 0 Å². The number of hydrogen-bond acceptors (Lipinski definition) is 2. The van der Waals surface area contributed by atoms with Gasteiger partial charge in [-0.1, -0.05) is 40.0 Å². The number of ether oxygens (including phenoxy) is 2. The Morgan fingerprint density at radius 2 is 1.33 bits per heavy atom. The molecule has 1 radical (unpaired) electrons. The van der Waals surface area contributed by atoms with Crippen LogP contribution < -0.4 is 0 Å². The van der Waals surface area contributed by atoms with Crippen molar-refractivity contribution in [2.24, 2.45) is 0 Å². The largest absolute Gasteiger partial charge is 0.376 e. The molecule has 0 aliphatic rings. The Kier molecular flexibility index (Phi) is 11.4. The van der Waals surface area contributed by atoms with Gasteiger partial charge in [0.15, 0.2) is 0 Å². The maximum absolute atomic E-state index is 6.14. The van der Waals surface area contributed by atoms with Crippen LogP contribution in [0.15, 0.2) is 0 Å². The van der Waals surface area contributed by atoms with Gasteiger partial charge in [-0.2, -0.15) is 0 Å². The van der Waals surface area contributed by atoms with Gasteiger partial charge in [-0.05, 0) is 59.3 Å². The third kappa shape index (κ3) is 11.2. The van der Waals surface area contributed by atoms with Gasteiger partial charge in [0.2, 0.25) is 0 Å². The van der Waals surface area contributed by atoms with Gasteiger partial charge >= 0.3 is 0 Å². The van der Waals surface area contributed by atoms with E-state index in [9.17, 15) is 0 Å². The first-order chi connectivity index (χ1) is 9.89. The molecule has 2 heteroatoms. The smallest absolute Gasteiger partial charge is 0.0654 e. The summed E-state index contributed by atoms with van der Waals surface area (Å²) in [7, 11) is 0. The van der Waals surface area contributed by atoms with Crippen molar-refractivity contribution in [2.45, 2.75) is 104 Å². The molecule has 0 fully saturated rings. The van der Waals surface area contributed by atoms with Crippen molar-refractivity contribution in [3.8, 4) is 0 Å². The minimum atomic E-state index is -0.00996. The van der Waals surface area contributed by atoms with Crippen LogP contribution in [0.1, 0.15) is 92.4 Å². The van der Waals surface area contributed by atoms with Crippen LogP contribution in [0.5, 0.6) is 0 Å². The standard InChI is InChI=1S/C19H39O2/c1-7-10-16-20-18(4,5)14-12-15-19(6,13-9-3)21-17-11-8-2/h3,7-17H2,1-2,4-6H3. The number of unbranched alkanes of at least 4 members (excludes halogenated alkanes) is 2. The van der Waals surface area contributed by atoms with Crippen LogP contribution in [0.2, 0.25) is 0 Å². The van der Waals surface area contributed by atoms with Crippen LogP contribution in [0.4, 0.5) is 0 Å². The normalized spacial score (nSPS) is 15.1. The summed E-state index contributed by atoms with van der Waals surface area (Å²) in [5.74, 6) is 0. The van der Waals surface area contributed by atoms with Crippen molar-refractivity contribution in [2.75, 3.05) is 13.2 Å². The molecule has 0 aliphatic heterocycles. The van der Waals surface area contributed by atoms with Crippen LogP contribution in [-0.4, -0.2) is 24.4 Å². The van der Waals surface area contributed by atoms with E-state index in [2.05, 4.69) is 41.5 Å². The molecule has 2 nitrogen and oxygen atoms in total. The Balaban J connectivity index is 4.10. The summed E-state index contributed by atoms with van der Waals surface area (Å²) in [6.45, 7) is 16.8. The van der Waals surface area contributed by atoms with Gasteiger partial charge in [-0.25, -0.2) is 0 Å². The number of hydrogen-bond donors (Lipinski definition) is 0. The van der Waals surface area contributed by atoms with E-state index in [1.165, 1.54) is 12.8 Å². The van der Waals surface area contributed by atoms with Crippen LogP contribution in [0, 0.1) is 6.92 Å². The molecule has 1 unspecified atom stereocenters. The average molecular weight is 300 g/mol. The average Bonchev–Trinajstić information content (AvgIpc) is 2.39. The zero-order valence-electron chi connectivity index (χ0n) is 15.3.